The zero-order chi connectivity index (χ0) is 18.2. The van der Waals surface area contributed by atoms with Gasteiger partial charge in [-0.1, -0.05) is 12.1 Å². The van der Waals surface area contributed by atoms with Crippen molar-refractivity contribution in [2.24, 2.45) is 0 Å². The van der Waals surface area contributed by atoms with Crippen LogP contribution in [0.4, 0.5) is 0 Å². The number of rotatable bonds is 6. The molecule has 0 atom stereocenters. The van der Waals surface area contributed by atoms with Crippen LogP contribution >= 0.6 is 23.5 Å². The lowest BCUT2D eigenvalue weighted by Gasteiger charge is -2.04. The zero-order valence-corrected chi connectivity index (χ0v) is 15.5. The Labute approximate surface area is 160 Å². The van der Waals surface area contributed by atoms with E-state index in [1.807, 2.05) is 12.1 Å². The highest BCUT2D eigenvalue weighted by Gasteiger charge is 2.23. The number of hydrogen-bond donors (Lipinski definition) is 0. The van der Waals surface area contributed by atoms with Gasteiger partial charge in [-0.2, -0.15) is 0 Å². The molecule has 0 amide bonds. The molecule has 0 unspecified atom stereocenters. The molecule has 6 heteroatoms. The van der Waals surface area contributed by atoms with Crippen molar-refractivity contribution in [1.29, 1.82) is 0 Å². The monoisotopic (exact) mass is 380 g/mol. The average Bonchev–Trinajstić information content (AvgIpc) is 3.21. The van der Waals surface area contributed by atoms with Crippen LogP contribution in [0.2, 0.25) is 0 Å². The number of allylic oxidation sites excluding steroid dienone is 3. The maximum atomic E-state index is 12.7. The van der Waals surface area contributed by atoms with Crippen molar-refractivity contribution in [2.75, 3.05) is 11.5 Å². The molecule has 0 radical (unpaired) electrons. The number of aromatic nitrogens is 2. The minimum absolute atomic E-state index is 0.234. The lowest BCUT2D eigenvalue weighted by atomic mass is 10.1. The molecule has 0 saturated carbocycles. The van der Waals surface area contributed by atoms with E-state index in [0.29, 0.717) is 0 Å². The summed E-state index contributed by atoms with van der Waals surface area (Å²) in [5.41, 5.74) is 1.86. The van der Waals surface area contributed by atoms with E-state index >= 15 is 0 Å². The second-order valence-corrected chi connectivity index (χ2v) is 7.80. The van der Waals surface area contributed by atoms with Crippen molar-refractivity contribution in [2.45, 2.75) is 0 Å². The maximum absolute atomic E-state index is 12.7. The maximum Gasteiger partial charge on any atom is 0.191 e. The van der Waals surface area contributed by atoms with Crippen LogP contribution in [-0.4, -0.2) is 33.0 Å². The van der Waals surface area contributed by atoms with Crippen LogP contribution in [-0.2, 0) is 9.59 Å². The molecule has 0 aromatic carbocycles. The van der Waals surface area contributed by atoms with E-state index in [-0.39, 0.29) is 17.1 Å². The zero-order valence-electron chi connectivity index (χ0n) is 13.9. The summed E-state index contributed by atoms with van der Waals surface area (Å²) in [6, 6.07) is 7.31. The first kappa shape index (κ1) is 18.4. The molecule has 1 aliphatic rings. The summed E-state index contributed by atoms with van der Waals surface area (Å²) >= 11 is 3.12. The Bertz CT molecular complexity index is 804. The van der Waals surface area contributed by atoms with Gasteiger partial charge >= 0.3 is 0 Å². The van der Waals surface area contributed by atoms with Crippen molar-refractivity contribution in [3.63, 3.8) is 0 Å². The molecule has 0 spiro atoms. The molecule has 0 bridgehead atoms. The van der Waals surface area contributed by atoms with Crippen LogP contribution in [0.1, 0.15) is 11.1 Å². The number of hydrogen-bond acceptors (Lipinski definition) is 6. The number of pyridine rings is 2. The third-order valence-electron chi connectivity index (χ3n) is 3.47. The second-order valence-electron chi connectivity index (χ2n) is 5.33. The predicted octanol–water partition coefficient (Wildman–Crippen LogP) is 4.03. The van der Waals surface area contributed by atoms with E-state index in [9.17, 15) is 9.59 Å². The fourth-order valence-corrected chi connectivity index (χ4v) is 4.80. The lowest BCUT2D eigenvalue weighted by molar-refractivity contribution is -0.116. The highest BCUT2D eigenvalue weighted by atomic mass is 32.2. The number of thioether (sulfide) groups is 2. The van der Waals surface area contributed by atoms with Gasteiger partial charge in [0.2, 0.25) is 0 Å². The molecule has 3 rings (SSSR count). The first-order valence-corrected chi connectivity index (χ1v) is 9.96. The van der Waals surface area contributed by atoms with Gasteiger partial charge in [0.1, 0.15) is 0 Å². The van der Waals surface area contributed by atoms with Crippen LogP contribution in [0.5, 0.6) is 0 Å². The highest BCUT2D eigenvalue weighted by molar-refractivity contribution is 8.25. The quantitative estimate of drug-likeness (QED) is 0.428. The van der Waals surface area contributed by atoms with Crippen LogP contribution < -0.4 is 0 Å². The van der Waals surface area contributed by atoms with E-state index in [1.165, 1.54) is 12.2 Å². The second kappa shape index (κ2) is 9.31. The standard InChI is InChI=1S/C20H16N2O2S2/c23-17(7-5-15-3-1-9-21-13-15)19(20-25-11-12-26-20)18(24)8-6-16-4-2-10-22-14-16/h1-10,13-14H,11-12H2. The molecular formula is C20H16N2O2S2. The van der Waals surface area contributed by atoms with Crippen molar-refractivity contribution >= 4 is 47.2 Å². The fourth-order valence-electron chi connectivity index (χ4n) is 2.24. The van der Waals surface area contributed by atoms with Crippen LogP contribution in [0.25, 0.3) is 12.2 Å². The molecule has 26 heavy (non-hydrogen) atoms. The average molecular weight is 380 g/mol. The van der Waals surface area contributed by atoms with Crippen molar-refractivity contribution < 1.29 is 9.59 Å². The van der Waals surface area contributed by atoms with Crippen LogP contribution in [0.15, 0.2) is 71.0 Å². The van der Waals surface area contributed by atoms with Crippen LogP contribution in [0, 0.1) is 0 Å². The Kier molecular flexibility index (Phi) is 6.57. The fraction of sp³-hybridized carbons (Fsp3) is 0.100. The van der Waals surface area contributed by atoms with Gasteiger partial charge in [0.05, 0.1) is 9.81 Å². The summed E-state index contributed by atoms with van der Waals surface area (Å²) in [7, 11) is 0. The van der Waals surface area contributed by atoms with Gasteiger partial charge in [-0.3, -0.25) is 19.6 Å². The van der Waals surface area contributed by atoms with Crippen molar-refractivity contribution in [3.8, 4) is 0 Å². The molecule has 4 nitrogen and oxygen atoms in total. The molecule has 2 aromatic heterocycles. The number of carbonyl (C=O) groups excluding carboxylic acids is 2. The van der Waals surface area contributed by atoms with Gasteiger partial charge < -0.3 is 0 Å². The first-order chi connectivity index (χ1) is 12.7. The molecular weight excluding hydrogens is 364 g/mol. The Morgan fingerprint density at radius 1 is 0.846 bits per heavy atom. The molecule has 1 fully saturated rings. The van der Waals surface area contributed by atoms with E-state index in [1.54, 1.807) is 72.6 Å². The highest BCUT2D eigenvalue weighted by Crippen LogP contribution is 2.39. The topological polar surface area (TPSA) is 59.9 Å². The van der Waals surface area contributed by atoms with Gasteiger partial charge in [-0.25, -0.2) is 0 Å². The van der Waals surface area contributed by atoms with Gasteiger partial charge in [-0.15, -0.1) is 23.5 Å². The molecule has 0 N–H and O–H groups in total. The van der Waals surface area contributed by atoms with Crippen molar-refractivity contribution in [1.82, 2.24) is 9.97 Å². The number of carbonyl (C=O) groups is 2. The summed E-state index contributed by atoms with van der Waals surface area (Å²) in [6.07, 6.45) is 12.9. The van der Waals surface area contributed by atoms with Crippen molar-refractivity contribution in [3.05, 3.63) is 82.1 Å². The Morgan fingerprint density at radius 2 is 1.35 bits per heavy atom. The molecule has 1 saturated heterocycles. The van der Waals surface area contributed by atoms with Gasteiger partial charge in [-0.05, 0) is 47.6 Å². The van der Waals surface area contributed by atoms with E-state index in [2.05, 4.69) is 9.97 Å². The van der Waals surface area contributed by atoms with E-state index < -0.39 is 0 Å². The summed E-state index contributed by atoms with van der Waals surface area (Å²) in [5, 5.41) is 0. The van der Waals surface area contributed by atoms with Crippen LogP contribution in [0.3, 0.4) is 0 Å². The molecule has 2 aromatic rings. The number of ketones is 2. The van der Waals surface area contributed by atoms with Gasteiger partial charge in [0, 0.05) is 36.3 Å². The summed E-state index contributed by atoms with van der Waals surface area (Å²) in [5.74, 6) is 1.24. The largest absolute Gasteiger partial charge is 0.289 e. The molecule has 3 heterocycles. The Balaban J connectivity index is 1.83. The Morgan fingerprint density at radius 3 is 1.77 bits per heavy atom. The summed E-state index contributed by atoms with van der Waals surface area (Å²) < 4.78 is 0.798. The van der Waals surface area contributed by atoms with E-state index in [0.717, 1.165) is 26.9 Å². The molecule has 130 valence electrons. The predicted molar refractivity (Wildman–Crippen MR) is 108 cm³/mol. The minimum Gasteiger partial charge on any atom is -0.289 e. The van der Waals surface area contributed by atoms with Gasteiger partial charge in [0.25, 0.3) is 0 Å². The third kappa shape index (κ3) is 5.03. The Hall–Kier alpha value is -2.44. The minimum atomic E-state index is -0.286. The molecule has 0 aliphatic carbocycles. The number of nitrogens with zero attached hydrogens (tertiary/aromatic N) is 2. The first-order valence-electron chi connectivity index (χ1n) is 7.99. The van der Waals surface area contributed by atoms with Gasteiger partial charge in [0.15, 0.2) is 11.6 Å². The summed E-state index contributed by atoms with van der Waals surface area (Å²) in [4.78, 5) is 33.4. The van der Waals surface area contributed by atoms with E-state index in [4.69, 9.17) is 0 Å². The lowest BCUT2D eigenvalue weighted by Crippen LogP contribution is -2.10. The third-order valence-corrected chi connectivity index (χ3v) is 6.18. The molecule has 1 aliphatic heterocycles. The normalized spacial score (nSPS) is 14.2. The SMILES string of the molecule is O=C(C=Cc1cccnc1)C(C(=O)C=Cc1cccnc1)=C1SCCS1. The summed E-state index contributed by atoms with van der Waals surface area (Å²) in [6.45, 7) is 0. The smallest absolute Gasteiger partial charge is 0.191 e.